The topological polar surface area (TPSA) is 29.3 Å². The third-order valence-electron chi connectivity index (χ3n) is 3.17. The molecule has 1 heterocycles. The summed E-state index contributed by atoms with van der Waals surface area (Å²) in [5, 5.41) is 2.08. The Hall–Kier alpha value is -1.39. The Morgan fingerprint density at radius 1 is 1.37 bits per heavy atom. The van der Waals surface area contributed by atoms with Gasteiger partial charge >= 0.3 is 0 Å². The molecule has 2 nitrogen and oxygen atoms in total. The molecule has 0 spiro atoms. The molecule has 0 radical (unpaired) electrons. The second-order valence-corrected chi connectivity index (χ2v) is 5.77. The van der Waals surface area contributed by atoms with E-state index in [0.717, 1.165) is 24.2 Å². The fourth-order valence-corrected chi connectivity index (χ4v) is 2.79. The second-order valence-electron chi connectivity index (χ2n) is 4.74. The van der Waals surface area contributed by atoms with Crippen LogP contribution in [0.5, 0.6) is 0 Å². The van der Waals surface area contributed by atoms with Gasteiger partial charge in [-0.05, 0) is 48.6 Å². The molecule has 2 aromatic rings. The molecular weight excluding hydrogens is 259 g/mol. The fraction of sp³-hybridized carbons (Fsp3) is 0.333. The summed E-state index contributed by atoms with van der Waals surface area (Å²) in [5.74, 6) is -0.234. The highest BCUT2D eigenvalue weighted by atomic mass is 32.1. The van der Waals surface area contributed by atoms with Gasteiger partial charge in [0, 0.05) is 30.2 Å². The molecule has 2 N–H and O–H groups in total. The number of hydrogen-bond acceptors (Lipinski definition) is 3. The first-order chi connectivity index (χ1) is 9.08. The van der Waals surface area contributed by atoms with Gasteiger partial charge in [0.15, 0.2) is 0 Å². The molecule has 2 rings (SSSR count). The lowest BCUT2D eigenvalue weighted by atomic mass is 10.1. The first-order valence-electron chi connectivity index (χ1n) is 6.36. The lowest BCUT2D eigenvalue weighted by Crippen LogP contribution is -2.23. The van der Waals surface area contributed by atoms with E-state index in [0.29, 0.717) is 0 Å². The van der Waals surface area contributed by atoms with E-state index in [1.54, 1.807) is 11.3 Å². The molecule has 1 unspecified atom stereocenters. The molecule has 0 bridgehead atoms. The van der Waals surface area contributed by atoms with Crippen molar-refractivity contribution in [1.82, 2.24) is 0 Å². The number of nitrogens with two attached hydrogens (primary N) is 1. The molecule has 0 saturated heterocycles. The highest BCUT2D eigenvalue weighted by molar-refractivity contribution is 7.09. The van der Waals surface area contributed by atoms with Crippen molar-refractivity contribution in [2.45, 2.75) is 19.4 Å². The van der Waals surface area contributed by atoms with E-state index in [1.165, 1.54) is 17.0 Å². The third-order valence-corrected chi connectivity index (χ3v) is 4.10. The molecule has 0 aliphatic carbocycles. The van der Waals surface area contributed by atoms with Crippen LogP contribution in [0.2, 0.25) is 0 Å². The van der Waals surface area contributed by atoms with E-state index in [-0.39, 0.29) is 11.9 Å². The van der Waals surface area contributed by atoms with Crippen molar-refractivity contribution in [3.63, 3.8) is 0 Å². The van der Waals surface area contributed by atoms with Crippen molar-refractivity contribution in [1.29, 1.82) is 0 Å². The van der Waals surface area contributed by atoms with E-state index in [2.05, 4.69) is 22.4 Å². The minimum absolute atomic E-state index is 0.171. The highest BCUT2D eigenvalue weighted by Crippen LogP contribution is 2.25. The molecule has 19 heavy (non-hydrogen) atoms. The van der Waals surface area contributed by atoms with E-state index in [4.69, 9.17) is 5.73 Å². The van der Waals surface area contributed by atoms with Crippen LogP contribution in [0.3, 0.4) is 0 Å². The Kier molecular flexibility index (Phi) is 4.56. The van der Waals surface area contributed by atoms with Gasteiger partial charge in [0.1, 0.15) is 5.82 Å². The predicted molar refractivity (Wildman–Crippen MR) is 80.3 cm³/mol. The summed E-state index contributed by atoms with van der Waals surface area (Å²) in [5.41, 5.74) is 7.78. The first kappa shape index (κ1) is 14.0. The number of anilines is 1. The summed E-state index contributed by atoms with van der Waals surface area (Å²) in [6.45, 7) is 2.78. The van der Waals surface area contributed by atoms with E-state index >= 15 is 0 Å². The van der Waals surface area contributed by atoms with Crippen LogP contribution in [-0.2, 0) is 6.42 Å². The summed E-state index contributed by atoms with van der Waals surface area (Å²) in [7, 11) is 2.02. The summed E-state index contributed by atoms with van der Waals surface area (Å²) >= 11 is 1.76. The Balaban J connectivity index is 2.12. The van der Waals surface area contributed by atoms with Gasteiger partial charge in [0.05, 0.1) is 0 Å². The zero-order valence-corrected chi connectivity index (χ0v) is 12.1. The van der Waals surface area contributed by atoms with Gasteiger partial charge < -0.3 is 10.6 Å². The molecule has 1 atom stereocenters. The molecule has 0 fully saturated rings. The van der Waals surface area contributed by atoms with Gasteiger partial charge in [-0.3, -0.25) is 0 Å². The van der Waals surface area contributed by atoms with E-state index in [1.807, 2.05) is 20.0 Å². The molecule has 4 heteroatoms. The van der Waals surface area contributed by atoms with Gasteiger partial charge in [-0.1, -0.05) is 6.07 Å². The van der Waals surface area contributed by atoms with Gasteiger partial charge in [-0.25, -0.2) is 4.39 Å². The molecule has 1 aromatic carbocycles. The van der Waals surface area contributed by atoms with Crippen molar-refractivity contribution in [3.8, 4) is 0 Å². The summed E-state index contributed by atoms with van der Waals surface area (Å²) in [6.07, 6.45) is 0.990. The van der Waals surface area contributed by atoms with Crippen LogP contribution in [0.15, 0.2) is 35.7 Å². The van der Waals surface area contributed by atoms with Crippen LogP contribution < -0.4 is 10.6 Å². The lowest BCUT2D eigenvalue weighted by Gasteiger charge is -2.24. The standard InChI is InChI=1S/C15H19FN2S/c1-11(17)14-10-12(16)5-6-15(14)18(2)8-7-13-4-3-9-19-13/h3-6,9-11H,7-8,17H2,1-2H3. The molecule has 0 amide bonds. The van der Waals surface area contributed by atoms with Crippen molar-refractivity contribution < 1.29 is 4.39 Å². The summed E-state index contributed by atoms with van der Waals surface area (Å²) in [4.78, 5) is 3.49. The number of thiophene rings is 1. The molecular formula is C15H19FN2S. The smallest absolute Gasteiger partial charge is 0.123 e. The number of hydrogen-bond donors (Lipinski definition) is 1. The average Bonchev–Trinajstić information content (AvgIpc) is 2.88. The first-order valence-corrected chi connectivity index (χ1v) is 7.24. The Morgan fingerprint density at radius 3 is 2.79 bits per heavy atom. The van der Waals surface area contributed by atoms with Gasteiger partial charge in [0.25, 0.3) is 0 Å². The van der Waals surface area contributed by atoms with Gasteiger partial charge in [-0.15, -0.1) is 11.3 Å². The predicted octanol–water partition coefficient (Wildman–Crippen LogP) is 3.59. The summed E-state index contributed by atoms with van der Waals surface area (Å²) in [6, 6.07) is 8.85. The van der Waals surface area contributed by atoms with Crippen molar-refractivity contribution in [3.05, 3.63) is 52.0 Å². The minimum atomic E-state index is -0.234. The molecule has 102 valence electrons. The van der Waals surface area contributed by atoms with Crippen LogP contribution in [0.25, 0.3) is 0 Å². The van der Waals surface area contributed by atoms with Gasteiger partial charge in [-0.2, -0.15) is 0 Å². The number of benzene rings is 1. The molecule has 0 saturated carbocycles. The largest absolute Gasteiger partial charge is 0.374 e. The zero-order valence-electron chi connectivity index (χ0n) is 11.3. The summed E-state index contributed by atoms with van der Waals surface area (Å²) < 4.78 is 13.3. The van der Waals surface area contributed by atoms with E-state index < -0.39 is 0 Å². The number of rotatable bonds is 5. The molecule has 0 aliphatic heterocycles. The Morgan fingerprint density at radius 2 is 2.16 bits per heavy atom. The van der Waals surface area contributed by atoms with E-state index in [9.17, 15) is 4.39 Å². The number of halogens is 1. The Bertz CT molecular complexity index is 523. The van der Waals surface area contributed by atoms with Crippen LogP contribution >= 0.6 is 11.3 Å². The van der Waals surface area contributed by atoms with Crippen LogP contribution in [0.1, 0.15) is 23.4 Å². The highest BCUT2D eigenvalue weighted by Gasteiger charge is 2.12. The maximum atomic E-state index is 13.3. The average molecular weight is 278 g/mol. The third kappa shape index (κ3) is 3.55. The molecule has 0 aliphatic rings. The molecule has 1 aromatic heterocycles. The number of likely N-dealkylation sites (N-methyl/N-ethyl adjacent to an activating group) is 1. The van der Waals surface area contributed by atoms with Crippen molar-refractivity contribution in [2.75, 3.05) is 18.5 Å². The zero-order chi connectivity index (χ0) is 13.8. The van der Waals surface area contributed by atoms with Crippen LogP contribution in [-0.4, -0.2) is 13.6 Å². The maximum Gasteiger partial charge on any atom is 0.123 e. The quantitative estimate of drug-likeness (QED) is 0.905. The van der Waals surface area contributed by atoms with Crippen LogP contribution in [0.4, 0.5) is 10.1 Å². The monoisotopic (exact) mass is 278 g/mol. The lowest BCUT2D eigenvalue weighted by molar-refractivity contribution is 0.622. The van der Waals surface area contributed by atoms with Crippen molar-refractivity contribution >= 4 is 17.0 Å². The minimum Gasteiger partial charge on any atom is -0.374 e. The fourth-order valence-electron chi connectivity index (χ4n) is 2.09. The number of nitrogens with zero attached hydrogens (tertiary/aromatic N) is 1. The Labute approximate surface area is 117 Å². The van der Waals surface area contributed by atoms with Gasteiger partial charge in [0.2, 0.25) is 0 Å². The van der Waals surface area contributed by atoms with Crippen LogP contribution in [0, 0.1) is 5.82 Å². The maximum absolute atomic E-state index is 13.3. The normalized spacial score (nSPS) is 12.4. The second kappa shape index (κ2) is 6.17. The SMILES string of the molecule is CC(N)c1cc(F)ccc1N(C)CCc1cccs1. The van der Waals surface area contributed by atoms with Crippen molar-refractivity contribution in [2.24, 2.45) is 5.73 Å².